The van der Waals surface area contributed by atoms with Gasteiger partial charge in [-0.1, -0.05) is 0 Å². The summed E-state index contributed by atoms with van der Waals surface area (Å²) in [5, 5.41) is 14.5. The number of carbonyl (C=O) groups excluding carboxylic acids is 1. The van der Waals surface area contributed by atoms with Crippen LogP contribution < -0.4 is 10.2 Å². The van der Waals surface area contributed by atoms with Gasteiger partial charge in [-0.25, -0.2) is 14.6 Å². The first kappa shape index (κ1) is 13.6. The van der Waals surface area contributed by atoms with Crippen molar-refractivity contribution in [2.45, 2.75) is 13.0 Å². The lowest BCUT2D eigenvalue weighted by atomic mass is 10.1. The molecule has 0 radical (unpaired) electrons. The fourth-order valence-corrected chi connectivity index (χ4v) is 2.89. The van der Waals surface area contributed by atoms with Gasteiger partial charge in [0.25, 0.3) is 0 Å². The number of rotatable bonds is 3. The third kappa shape index (κ3) is 2.73. The number of thiazole rings is 1. The number of hydrogen-bond donors (Lipinski definition) is 2. The van der Waals surface area contributed by atoms with Crippen molar-refractivity contribution in [1.29, 1.82) is 0 Å². The second kappa shape index (κ2) is 5.53. The highest BCUT2D eigenvalue weighted by Crippen LogP contribution is 2.28. The van der Waals surface area contributed by atoms with E-state index in [1.54, 1.807) is 23.2 Å². The first-order valence-electron chi connectivity index (χ1n) is 6.45. The van der Waals surface area contributed by atoms with Gasteiger partial charge in [0.2, 0.25) is 0 Å². The lowest BCUT2D eigenvalue weighted by Crippen LogP contribution is -2.38. The zero-order valence-corrected chi connectivity index (χ0v) is 11.9. The Balaban J connectivity index is 1.71. The highest BCUT2D eigenvalue weighted by Gasteiger charge is 2.25. The molecule has 0 aliphatic carbocycles. The number of hydrogen-bond acceptors (Lipinski definition) is 4. The van der Waals surface area contributed by atoms with Crippen LogP contribution >= 0.6 is 11.3 Å². The quantitative estimate of drug-likeness (QED) is 0.910. The van der Waals surface area contributed by atoms with Gasteiger partial charge in [0.1, 0.15) is 5.01 Å². The summed E-state index contributed by atoms with van der Waals surface area (Å²) >= 11 is 1.49. The summed E-state index contributed by atoms with van der Waals surface area (Å²) in [5.41, 5.74) is 1.91. The molecule has 1 aromatic carbocycles. The number of nitrogens with zero attached hydrogens (tertiary/aromatic N) is 2. The van der Waals surface area contributed by atoms with E-state index in [-0.39, 0.29) is 11.6 Å². The largest absolute Gasteiger partial charge is 0.478 e. The van der Waals surface area contributed by atoms with E-state index in [1.165, 1.54) is 17.4 Å². The zero-order valence-electron chi connectivity index (χ0n) is 11.1. The molecule has 1 aromatic heterocycles. The van der Waals surface area contributed by atoms with Crippen LogP contribution in [0.2, 0.25) is 0 Å². The molecule has 0 bridgehead atoms. The normalized spacial score (nSPS) is 13.0. The Hall–Kier alpha value is -2.41. The number of amides is 2. The molecule has 0 fully saturated rings. The summed E-state index contributed by atoms with van der Waals surface area (Å²) in [6.45, 7) is 0.956. The molecule has 0 saturated heterocycles. The maximum Gasteiger partial charge on any atom is 0.335 e. The lowest BCUT2D eigenvalue weighted by molar-refractivity contribution is 0.0697. The number of aromatic nitrogens is 1. The molecule has 0 atom stereocenters. The Kier molecular flexibility index (Phi) is 3.57. The third-order valence-electron chi connectivity index (χ3n) is 3.34. The second-order valence-electron chi connectivity index (χ2n) is 4.63. The molecule has 0 spiro atoms. The van der Waals surface area contributed by atoms with Crippen LogP contribution in [0.15, 0.2) is 29.8 Å². The molecular weight excluding hydrogens is 290 g/mol. The monoisotopic (exact) mass is 303 g/mol. The number of fused-ring (bicyclic) bond motifs is 1. The molecule has 7 heteroatoms. The Morgan fingerprint density at radius 2 is 2.29 bits per heavy atom. The minimum Gasteiger partial charge on any atom is -0.478 e. The van der Waals surface area contributed by atoms with E-state index in [0.717, 1.165) is 16.3 Å². The molecule has 2 aromatic rings. The van der Waals surface area contributed by atoms with E-state index >= 15 is 0 Å². The molecule has 0 unspecified atom stereocenters. The average molecular weight is 303 g/mol. The van der Waals surface area contributed by atoms with E-state index in [1.807, 2.05) is 5.38 Å². The predicted molar refractivity (Wildman–Crippen MR) is 78.8 cm³/mol. The van der Waals surface area contributed by atoms with Crippen LogP contribution in [0.25, 0.3) is 0 Å². The Morgan fingerprint density at radius 3 is 3.00 bits per heavy atom. The van der Waals surface area contributed by atoms with Crippen LogP contribution in [0.3, 0.4) is 0 Å². The van der Waals surface area contributed by atoms with Gasteiger partial charge in [-0.15, -0.1) is 11.3 Å². The van der Waals surface area contributed by atoms with Crippen LogP contribution in [0.4, 0.5) is 10.5 Å². The summed E-state index contributed by atoms with van der Waals surface area (Å²) in [4.78, 5) is 28.9. The smallest absolute Gasteiger partial charge is 0.335 e. The number of carboxylic acid groups (broad SMARTS) is 1. The van der Waals surface area contributed by atoms with Crippen molar-refractivity contribution < 1.29 is 14.7 Å². The van der Waals surface area contributed by atoms with Gasteiger partial charge in [0.15, 0.2) is 0 Å². The van der Waals surface area contributed by atoms with Crippen molar-refractivity contribution in [3.8, 4) is 0 Å². The van der Waals surface area contributed by atoms with E-state index in [0.29, 0.717) is 19.5 Å². The highest BCUT2D eigenvalue weighted by molar-refractivity contribution is 7.09. The number of carbonyl (C=O) groups is 2. The molecule has 2 heterocycles. The van der Waals surface area contributed by atoms with Crippen LogP contribution in [0.5, 0.6) is 0 Å². The van der Waals surface area contributed by atoms with Crippen molar-refractivity contribution in [2.24, 2.45) is 0 Å². The van der Waals surface area contributed by atoms with Gasteiger partial charge in [0.05, 0.1) is 12.1 Å². The second-order valence-corrected chi connectivity index (χ2v) is 5.61. The number of benzene rings is 1. The van der Waals surface area contributed by atoms with Crippen LogP contribution in [-0.2, 0) is 13.0 Å². The maximum absolute atomic E-state index is 12.2. The Morgan fingerprint density at radius 1 is 1.43 bits per heavy atom. The molecule has 1 aliphatic heterocycles. The number of anilines is 1. The van der Waals surface area contributed by atoms with E-state index in [2.05, 4.69) is 10.3 Å². The molecule has 0 saturated carbocycles. The molecule has 21 heavy (non-hydrogen) atoms. The van der Waals surface area contributed by atoms with Crippen molar-refractivity contribution in [3.63, 3.8) is 0 Å². The predicted octanol–water partition coefficient (Wildman–Crippen LogP) is 2.11. The number of carboxylic acids is 1. The minimum atomic E-state index is -0.954. The first-order chi connectivity index (χ1) is 10.1. The van der Waals surface area contributed by atoms with E-state index in [4.69, 9.17) is 5.11 Å². The number of urea groups is 1. The van der Waals surface area contributed by atoms with Gasteiger partial charge in [-0.05, 0) is 30.2 Å². The summed E-state index contributed by atoms with van der Waals surface area (Å²) < 4.78 is 0. The summed E-state index contributed by atoms with van der Waals surface area (Å²) in [6.07, 6.45) is 2.37. The van der Waals surface area contributed by atoms with E-state index < -0.39 is 5.97 Å². The molecule has 6 nitrogen and oxygen atoms in total. The maximum atomic E-state index is 12.2. The first-order valence-corrected chi connectivity index (χ1v) is 7.33. The Bertz CT molecular complexity index is 685. The molecule has 108 valence electrons. The summed E-state index contributed by atoms with van der Waals surface area (Å²) in [7, 11) is 0. The minimum absolute atomic E-state index is 0.188. The highest BCUT2D eigenvalue weighted by atomic mass is 32.1. The van der Waals surface area contributed by atoms with Crippen molar-refractivity contribution in [3.05, 3.63) is 45.9 Å². The van der Waals surface area contributed by atoms with Crippen molar-refractivity contribution in [1.82, 2.24) is 10.3 Å². The molecule has 1 aliphatic rings. The fourth-order valence-electron chi connectivity index (χ4n) is 2.33. The molecule has 2 amide bonds. The zero-order chi connectivity index (χ0) is 14.8. The SMILES string of the molecule is O=C(O)c1ccc2c(c1)CCN2C(=O)NCc1nccs1. The standard InChI is InChI=1S/C14H13N3O3S/c18-13(19)10-1-2-11-9(7-10)3-5-17(11)14(20)16-8-12-15-4-6-21-12/h1-2,4,6-7H,3,5,8H2,(H,16,20)(H,18,19). The van der Waals surface area contributed by atoms with Crippen molar-refractivity contribution in [2.75, 3.05) is 11.4 Å². The van der Waals surface area contributed by atoms with E-state index in [9.17, 15) is 9.59 Å². The lowest BCUT2D eigenvalue weighted by Gasteiger charge is -2.17. The molecule has 3 rings (SSSR count). The molecular formula is C14H13N3O3S. The van der Waals surface area contributed by atoms with Gasteiger partial charge in [-0.3, -0.25) is 4.90 Å². The third-order valence-corrected chi connectivity index (χ3v) is 4.12. The van der Waals surface area contributed by atoms with Gasteiger partial charge in [0, 0.05) is 23.8 Å². The summed E-state index contributed by atoms with van der Waals surface area (Å²) in [6, 6.07) is 4.65. The van der Waals surface area contributed by atoms with Gasteiger partial charge < -0.3 is 10.4 Å². The summed E-state index contributed by atoms with van der Waals surface area (Å²) in [5.74, 6) is -0.954. The fraction of sp³-hybridized carbons (Fsp3) is 0.214. The molecule has 2 N–H and O–H groups in total. The van der Waals surface area contributed by atoms with Crippen LogP contribution in [0.1, 0.15) is 20.9 Å². The Labute approximate surface area is 125 Å². The number of aromatic carboxylic acids is 1. The van der Waals surface area contributed by atoms with Gasteiger partial charge >= 0.3 is 12.0 Å². The van der Waals surface area contributed by atoms with Crippen LogP contribution in [-0.4, -0.2) is 28.6 Å². The average Bonchev–Trinajstić information content (AvgIpc) is 3.13. The van der Waals surface area contributed by atoms with Gasteiger partial charge in [-0.2, -0.15) is 0 Å². The number of nitrogens with one attached hydrogen (secondary N) is 1. The topological polar surface area (TPSA) is 82.5 Å². The van der Waals surface area contributed by atoms with Crippen LogP contribution in [0, 0.1) is 0 Å². The van der Waals surface area contributed by atoms with Crippen molar-refractivity contribution >= 4 is 29.0 Å².